The van der Waals surface area contributed by atoms with Gasteiger partial charge in [-0.05, 0) is 23.3 Å². The van der Waals surface area contributed by atoms with Crippen molar-refractivity contribution in [3.63, 3.8) is 0 Å². The van der Waals surface area contributed by atoms with Crippen LogP contribution in [0.15, 0.2) is 42.5 Å². The lowest BCUT2D eigenvalue weighted by Gasteiger charge is -2.07. The van der Waals surface area contributed by atoms with Gasteiger partial charge >= 0.3 is 0 Å². The second-order valence-electron chi connectivity index (χ2n) is 4.02. The van der Waals surface area contributed by atoms with E-state index in [-0.39, 0.29) is 12.2 Å². The number of nitriles is 1. The molecule has 0 aliphatic heterocycles. The Hall–Kier alpha value is -2.38. The highest BCUT2D eigenvalue weighted by atomic mass is 19.1. The first-order valence-electron chi connectivity index (χ1n) is 5.74. The predicted octanol–water partition coefficient (Wildman–Crippen LogP) is 2.77. The summed E-state index contributed by atoms with van der Waals surface area (Å²) < 4.78 is 18.8. The number of aliphatic hydroxyl groups is 1. The van der Waals surface area contributed by atoms with E-state index in [4.69, 9.17) is 15.1 Å². The third-order valence-corrected chi connectivity index (χ3v) is 2.67. The predicted molar refractivity (Wildman–Crippen MR) is 67.8 cm³/mol. The summed E-state index contributed by atoms with van der Waals surface area (Å²) in [5, 5.41) is 17.5. The summed E-state index contributed by atoms with van der Waals surface area (Å²) in [6.07, 6.45) is 0. The standard InChI is InChI=1S/C15H12FNO2/c16-15-7-14(6-5-13(15)8-17)19-10-12-3-1-11(9-18)2-4-12/h1-7,18H,9-10H2. The van der Waals surface area contributed by atoms with Crippen LogP contribution in [0.1, 0.15) is 16.7 Å². The fourth-order valence-corrected chi connectivity index (χ4v) is 1.58. The Morgan fingerprint density at radius 2 is 1.79 bits per heavy atom. The summed E-state index contributed by atoms with van der Waals surface area (Å²) in [6, 6.07) is 13.2. The first kappa shape index (κ1) is 13.1. The molecule has 0 atom stereocenters. The number of rotatable bonds is 4. The van der Waals surface area contributed by atoms with Crippen molar-refractivity contribution in [1.29, 1.82) is 5.26 Å². The van der Waals surface area contributed by atoms with E-state index in [2.05, 4.69) is 0 Å². The molecule has 0 saturated heterocycles. The average molecular weight is 257 g/mol. The second kappa shape index (κ2) is 5.98. The van der Waals surface area contributed by atoms with Crippen LogP contribution < -0.4 is 4.74 Å². The van der Waals surface area contributed by atoms with Crippen LogP contribution in [-0.4, -0.2) is 5.11 Å². The third-order valence-electron chi connectivity index (χ3n) is 2.67. The summed E-state index contributed by atoms with van der Waals surface area (Å²) in [5.41, 5.74) is 1.75. The van der Waals surface area contributed by atoms with Crippen LogP contribution in [0.5, 0.6) is 5.75 Å². The molecule has 0 heterocycles. The number of nitrogens with zero attached hydrogens (tertiary/aromatic N) is 1. The summed E-state index contributed by atoms with van der Waals surface area (Å²) in [5.74, 6) is -0.210. The molecule has 0 aromatic heterocycles. The minimum absolute atomic E-state index is 0.000325. The number of benzene rings is 2. The number of aliphatic hydroxyl groups excluding tert-OH is 1. The molecule has 2 rings (SSSR count). The van der Waals surface area contributed by atoms with E-state index in [1.54, 1.807) is 24.3 Å². The van der Waals surface area contributed by atoms with Crippen LogP contribution in [0.25, 0.3) is 0 Å². The summed E-state index contributed by atoms with van der Waals surface area (Å²) in [7, 11) is 0. The molecule has 0 radical (unpaired) electrons. The zero-order valence-corrected chi connectivity index (χ0v) is 10.1. The molecule has 0 saturated carbocycles. The smallest absolute Gasteiger partial charge is 0.144 e. The normalized spacial score (nSPS) is 9.95. The number of hydrogen-bond acceptors (Lipinski definition) is 3. The largest absolute Gasteiger partial charge is 0.489 e. The van der Waals surface area contributed by atoms with Gasteiger partial charge in [-0.1, -0.05) is 24.3 Å². The first-order chi connectivity index (χ1) is 9.22. The Bertz CT molecular complexity index is 603. The summed E-state index contributed by atoms with van der Waals surface area (Å²) >= 11 is 0. The SMILES string of the molecule is N#Cc1ccc(OCc2ccc(CO)cc2)cc1F. The number of hydrogen-bond donors (Lipinski definition) is 1. The van der Waals surface area contributed by atoms with Crippen molar-refractivity contribution in [2.75, 3.05) is 0 Å². The van der Waals surface area contributed by atoms with Crippen LogP contribution >= 0.6 is 0 Å². The second-order valence-corrected chi connectivity index (χ2v) is 4.02. The Labute approximate surface area is 110 Å². The van der Waals surface area contributed by atoms with E-state index in [9.17, 15) is 4.39 Å². The third kappa shape index (κ3) is 3.30. The monoisotopic (exact) mass is 257 g/mol. The van der Waals surface area contributed by atoms with Gasteiger partial charge < -0.3 is 9.84 Å². The molecule has 2 aromatic rings. The minimum atomic E-state index is -0.587. The van der Waals surface area contributed by atoms with Gasteiger partial charge in [0.2, 0.25) is 0 Å². The highest BCUT2D eigenvalue weighted by Gasteiger charge is 2.03. The van der Waals surface area contributed by atoms with Crippen LogP contribution in [0.3, 0.4) is 0 Å². The van der Waals surface area contributed by atoms with Gasteiger partial charge in [-0.3, -0.25) is 0 Å². The van der Waals surface area contributed by atoms with E-state index in [0.717, 1.165) is 11.1 Å². The molecule has 0 bridgehead atoms. The van der Waals surface area contributed by atoms with Crippen LogP contribution in [0, 0.1) is 17.1 Å². The highest BCUT2D eigenvalue weighted by Crippen LogP contribution is 2.17. The number of ether oxygens (including phenoxy) is 1. The quantitative estimate of drug-likeness (QED) is 0.916. The van der Waals surface area contributed by atoms with Crippen LogP contribution in [0.4, 0.5) is 4.39 Å². The topological polar surface area (TPSA) is 53.2 Å². The van der Waals surface area contributed by atoms with Crippen LogP contribution in [0.2, 0.25) is 0 Å². The molecule has 4 heteroatoms. The minimum Gasteiger partial charge on any atom is -0.489 e. The fraction of sp³-hybridized carbons (Fsp3) is 0.133. The van der Waals surface area contributed by atoms with E-state index in [0.29, 0.717) is 12.4 Å². The lowest BCUT2D eigenvalue weighted by molar-refractivity contribution is 0.281. The van der Waals surface area contributed by atoms with Crippen molar-refractivity contribution < 1.29 is 14.2 Å². The Morgan fingerprint density at radius 1 is 1.11 bits per heavy atom. The molecule has 1 N–H and O–H groups in total. The number of halogens is 1. The molecule has 0 amide bonds. The maximum atomic E-state index is 13.3. The van der Waals surface area contributed by atoms with E-state index < -0.39 is 5.82 Å². The van der Waals surface area contributed by atoms with Gasteiger partial charge in [0.1, 0.15) is 24.2 Å². The lowest BCUT2D eigenvalue weighted by Crippen LogP contribution is -1.97. The Kier molecular flexibility index (Phi) is 4.11. The van der Waals surface area contributed by atoms with Gasteiger partial charge in [0.05, 0.1) is 12.2 Å². The van der Waals surface area contributed by atoms with Gasteiger partial charge in [-0.15, -0.1) is 0 Å². The molecular formula is C15H12FNO2. The van der Waals surface area contributed by atoms with Crippen molar-refractivity contribution in [2.45, 2.75) is 13.2 Å². The molecule has 2 aromatic carbocycles. The molecule has 0 aliphatic carbocycles. The molecule has 96 valence electrons. The molecule has 0 unspecified atom stereocenters. The molecule has 3 nitrogen and oxygen atoms in total. The zero-order valence-electron chi connectivity index (χ0n) is 10.1. The Balaban J connectivity index is 2.02. The Morgan fingerprint density at radius 3 is 2.37 bits per heavy atom. The van der Waals surface area contributed by atoms with Crippen molar-refractivity contribution in [3.05, 3.63) is 65.0 Å². The first-order valence-corrected chi connectivity index (χ1v) is 5.74. The van der Waals surface area contributed by atoms with Crippen molar-refractivity contribution in [3.8, 4) is 11.8 Å². The molecule has 19 heavy (non-hydrogen) atoms. The van der Waals surface area contributed by atoms with Gasteiger partial charge in [-0.2, -0.15) is 5.26 Å². The molecule has 0 fully saturated rings. The summed E-state index contributed by atoms with van der Waals surface area (Å²) in [4.78, 5) is 0. The molecular weight excluding hydrogens is 245 g/mol. The van der Waals surface area contributed by atoms with Gasteiger partial charge in [0.15, 0.2) is 0 Å². The van der Waals surface area contributed by atoms with Crippen molar-refractivity contribution in [1.82, 2.24) is 0 Å². The fourth-order valence-electron chi connectivity index (χ4n) is 1.58. The van der Waals surface area contributed by atoms with E-state index >= 15 is 0 Å². The zero-order chi connectivity index (χ0) is 13.7. The van der Waals surface area contributed by atoms with E-state index in [1.165, 1.54) is 12.1 Å². The molecule has 0 spiro atoms. The maximum Gasteiger partial charge on any atom is 0.144 e. The van der Waals surface area contributed by atoms with Gasteiger partial charge in [0.25, 0.3) is 0 Å². The lowest BCUT2D eigenvalue weighted by atomic mass is 10.1. The average Bonchev–Trinajstić information content (AvgIpc) is 2.46. The van der Waals surface area contributed by atoms with Gasteiger partial charge in [0, 0.05) is 6.07 Å². The molecule has 0 aliphatic rings. The van der Waals surface area contributed by atoms with Gasteiger partial charge in [-0.25, -0.2) is 4.39 Å². The maximum absolute atomic E-state index is 13.3. The van der Waals surface area contributed by atoms with Crippen molar-refractivity contribution >= 4 is 0 Å². The van der Waals surface area contributed by atoms with E-state index in [1.807, 2.05) is 12.1 Å². The summed E-state index contributed by atoms with van der Waals surface area (Å²) in [6.45, 7) is 0.305. The van der Waals surface area contributed by atoms with Crippen LogP contribution in [-0.2, 0) is 13.2 Å². The highest BCUT2D eigenvalue weighted by molar-refractivity contribution is 5.36. The van der Waals surface area contributed by atoms with Crippen molar-refractivity contribution in [2.24, 2.45) is 0 Å².